The first-order valence-corrected chi connectivity index (χ1v) is 7.34. The van der Waals surface area contributed by atoms with Crippen molar-refractivity contribution in [1.82, 2.24) is 19.9 Å². The minimum absolute atomic E-state index is 0.588. The van der Waals surface area contributed by atoms with E-state index in [9.17, 15) is 0 Å². The molecule has 2 aromatic heterocycles. The SMILES string of the molecule is COc1cc(N2CCN(c3nc(C)cc(C)n3)CC2)ncn1. The lowest BCUT2D eigenvalue weighted by Gasteiger charge is -2.35. The van der Waals surface area contributed by atoms with E-state index in [0.717, 1.165) is 49.3 Å². The second kappa shape index (κ2) is 6.13. The molecule has 2 aromatic rings. The highest BCUT2D eigenvalue weighted by molar-refractivity contribution is 5.44. The van der Waals surface area contributed by atoms with Crippen LogP contribution >= 0.6 is 0 Å². The number of hydrogen-bond acceptors (Lipinski definition) is 7. The van der Waals surface area contributed by atoms with Gasteiger partial charge in [-0.15, -0.1) is 0 Å². The smallest absolute Gasteiger partial charge is 0.225 e. The summed E-state index contributed by atoms with van der Waals surface area (Å²) >= 11 is 0. The summed E-state index contributed by atoms with van der Waals surface area (Å²) in [4.78, 5) is 21.9. The normalized spacial score (nSPS) is 15.0. The van der Waals surface area contributed by atoms with Gasteiger partial charge >= 0.3 is 0 Å². The molecule has 7 nitrogen and oxygen atoms in total. The van der Waals surface area contributed by atoms with Crippen molar-refractivity contribution in [2.24, 2.45) is 0 Å². The first-order chi connectivity index (χ1) is 10.7. The van der Waals surface area contributed by atoms with E-state index in [-0.39, 0.29) is 0 Å². The van der Waals surface area contributed by atoms with Gasteiger partial charge in [0.05, 0.1) is 7.11 Å². The van der Waals surface area contributed by atoms with Gasteiger partial charge in [0.2, 0.25) is 11.8 Å². The highest BCUT2D eigenvalue weighted by Crippen LogP contribution is 2.19. The maximum absolute atomic E-state index is 5.15. The topological polar surface area (TPSA) is 67.3 Å². The van der Waals surface area contributed by atoms with E-state index in [1.807, 2.05) is 26.0 Å². The molecule has 1 fully saturated rings. The van der Waals surface area contributed by atoms with Gasteiger partial charge in [-0.2, -0.15) is 0 Å². The van der Waals surface area contributed by atoms with Crippen LogP contribution < -0.4 is 14.5 Å². The molecule has 1 aliphatic heterocycles. The van der Waals surface area contributed by atoms with Crippen molar-refractivity contribution < 1.29 is 4.74 Å². The molecule has 0 bridgehead atoms. The molecule has 7 heteroatoms. The Labute approximate surface area is 130 Å². The monoisotopic (exact) mass is 300 g/mol. The molecule has 0 radical (unpaired) electrons. The van der Waals surface area contributed by atoms with Crippen molar-refractivity contribution >= 4 is 11.8 Å². The summed E-state index contributed by atoms with van der Waals surface area (Å²) in [5, 5.41) is 0. The van der Waals surface area contributed by atoms with Crippen LogP contribution in [0.15, 0.2) is 18.5 Å². The lowest BCUT2D eigenvalue weighted by Crippen LogP contribution is -2.47. The van der Waals surface area contributed by atoms with Crippen LogP contribution in [0.1, 0.15) is 11.4 Å². The van der Waals surface area contributed by atoms with E-state index < -0.39 is 0 Å². The zero-order valence-electron chi connectivity index (χ0n) is 13.2. The zero-order chi connectivity index (χ0) is 15.5. The van der Waals surface area contributed by atoms with Crippen LogP contribution in [-0.2, 0) is 0 Å². The first kappa shape index (κ1) is 14.5. The Balaban J connectivity index is 1.69. The number of aryl methyl sites for hydroxylation is 2. The van der Waals surface area contributed by atoms with Gasteiger partial charge in [0.15, 0.2) is 0 Å². The average Bonchev–Trinajstić information content (AvgIpc) is 2.54. The second-order valence-corrected chi connectivity index (χ2v) is 5.34. The van der Waals surface area contributed by atoms with Gasteiger partial charge in [-0.3, -0.25) is 0 Å². The number of aromatic nitrogens is 4. The Kier molecular flexibility index (Phi) is 4.04. The number of methoxy groups -OCH3 is 1. The van der Waals surface area contributed by atoms with E-state index in [1.54, 1.807) is 7.11 Å². The summed E-state index contributed by atoms with van der Waals surface area (Å²) in [6.07, 6.45) is 1.54. The molecule has 22 heavy (non-hydrogen) atoms. The van der Waals surface area contributed by atoms with Crippen LogP contribution in [0.2, 0.25) is 0 Å². The van der Waals surface area contributed by atoms with Crippen molar-refractivity contribution in [2.45, 2.75) is 13.8 Å². The average molecular weight is 300 g/mol. The molecule has 0 N–H and O–H groups in total. The van der Waals surface area contributed by atoms with E-state index in [1.165, 1.54) is 6.33 Å². The van der Waals surface area contributed by atoms with Crippen molar-refractivity contribution in [1.29, 1.82) is 0 Å². The van der Waals surface area contributed by atoms with E-state index in [0.29, 0.717) is 5.88 Å². The van der Waals surface area contributed by atoms with Crippen LogP contribution in [0.5, 0.6) is 5.88 Å². The Morgan fingerprint density at radius 3 is 2.18 bits per heavy atom. The fraction of sp³-hybridized carbons (Fsp3) is 0.467. The third-order valence-corrected chi connectivity index (χ3v) is 3.69. The van der Waals surface area contributed by atoms with Gasteiger partial charge in [-0.25, -0.2) is 19.9 Å². The summed E-state index contributed by atoms with van der Waals surface area (Å²) < 4.78 is 5.15. The Morgan fingerprint density at radius 2 is 1.55 bits per heavy atom. The predicted octanol–water partition coefficient (Wildman–Crippen LogP) is 1.22. The molecule has 3 heterocycles. The molecular weight excluding hydrogens is 280 g/mol. The number of hydrogen-bond donors (Lipinski definition) is 0. The maximum atomic E-state index is 5.15. The quantitative estimate of drug-likeness (QED) is 0.844. The number of anilines is 2. The fourth-order valence-corrected chi connectivity index (χ4v) is 2.60. The predicted molar refractivity (Wildman–Crippen MR) is 84.5 cm³/mol. The Hall–Kier alpha value is -2.44. The lowest BCUT2D eigenvalue weighted by molar-refractivity contribution is 0.396. The van der Waals surface area contributed by atoms with Gasteiger partial charge in [-0.1, -0.05) is 0 Å². The van der Waals surface area contributed by atoms with Crippen LogP contribution in [0.25, 0.3) is 0 Å². The molecule has 1 saturated heterocycles. The van der Waals surface area contributed by atoms with Crippen molar-refractivity contribution in [3.63, 3.8) is 0 Å². The molecule has 1 aliphatic rings. The summed E-state index contributed by atoms with van der Waals surface area (Å²) in [5.74, 6) is 2.30. The molecule has 0 atom stereocenters. The van der Waals surface area contributed by atoms with Gasteiger partial charge in [0.1, 0.15) is 12.1 Å². The van der Waals surface area contributed by atoms with E-state index >= 15 is 0 Å². The number of ether oxygens (including phenoxy) is 1. The number of rotatable bonds is 3. The molecule has 3 rings (SSSR count). The summed E-state index contributed by atoms with van der Waals surface area (Å²) in [7, 11) is 1.61. The third kappa shape index (κ3) is 3.08. The minimum atomic E-state index is 0.588. The summed E-state index contributed by atoms with van der Waals surface area (Å²) in [6, 6.07) is 3.86. The molecular formula is C15H20N6O. The van der Waals surface area contributed by atoms with E-state index in [4.69, 9.17) is 4.74 Å². The molecule has 0 unspecified atom stereocenters. The largest absolute Gasteiger partial charge is 0.481 e. The van der Waals surface area contributed by atoms with Crippen molar-refractivity contribution in [2.75, 3.05) is 43.1 Å². The minimum Gasteiger partial charge on any atom is -0.481 e. The van der Waals surface area contributed by atoms with Crippen LogP contribution in [0.3, 0.4) is 0 Å². The summed E-state index contributed by atoms with van der Waals surface area (Å²) in [6.45, 7) is 7.49. The Morgan fingerprint density at radius 1 is 0.909 bits per heavy atom. The lowest BCUT2D eigenvalue weighted by atomic mass is 10.3. The first-order valence-electron chi connectivity index (χ1n) is 7.34. The van der Waals surface area contributed by atoms with E-state index in [2.05, 4.69) is 29.7 Å². The van der Waals surface area contributed by atoms with Gasteiger partial charge in [0.25, 0.3) is 0 Å². The van der Waals surface area contributed by atoms with Crippen LogP contribution in [-0.4, -0.2) is 53.2 Å². The molecule has 0 aromatic carbocycles. The molecule has 0 aliphatic carbocycles. The number of piperazine rings is 1. The van der Waals surface area contributed by atoms with Crippen LogP contribution in [0, 0.1) is 13.8 Å². The van der Waals surface area contributed by atoms with Gasteiger partial charge < -0.3 is 14.5 Å². The van der Waals surface area contributed by atoms with Gasteiger partial charge in [0, 0.05) is 43.6 Å². The molecule has 116 valence electrons. The second-order valence-electron chi connectivity index (χ2n) is 5.34. The standard InChI is InChI=1S/C15H20N6O/c1-11-8-12(2)19-15(18-11)21-6-4-20(5-7-21)13-9-14(22-3)17-10-16-13/h8-10H,4-7H2,1-3H3. The van der Waals surface area contributed by atoms with Crippen molar-refractivity contribution in [3.05, 3.63) is 29.8 Å². The van der Waals surface area contributed by atoms with Crippen molar-refractivity contribution in [3.8, 4) is 5.88 Å². The highest BCUT2D eigenvalue weighted by Gasteiger charge is 2.20. The fourth-order valence-electron chi connectivity index (χ4n) is 2.60. The molecule has 0 spiro atoms. The highest BCUT2D eigenvalue weighted by atomic mass is 16.5. The maximum Gasteiger partial charge on any atom is 0.225 e. The number of nitrogens with zero attached hydrogens (tertiary/aromatic N) is 6. The van der Waals surface area contributed by atoms with Gasteiger partial charge in [-0.05, 0) is 19.9 Å². The Bertz CT molecular complexity index is 634. The molecule has 0 saturated carbocycles. The molecule has 0 amide bonds. The third-order valence-electron chi connectivity index (χ3n) is 3.69. The zero-order valence-corrected chi connectivity index (χ0v) is 13.2. The van der Waals surface area contributed by atoms with Crippen LogP contribution in [0.4, 0.5) is 11.8 Å². The summed E-state index contributed by atoms with van der Waals surface area (Å²) in [5.41, 5.74) is 2.01.